The van der Waals surface area contributed by atoms with Crippen molar-refractivity contribution >= 4 is 49.9 Å². The van der Waals surface area contributed by atoms with Crippen molar-refractivity contribution in [1.29, 1.82) is 0 Å². The molecule has 0 amide bonds. The lowest BCUT2D eigenvalue weighted by molar-refractivity contribution is 0.00200. The summed E-state index contributed by atoms with van der Waals surface area (Å²) in [7, 11) is 0. The Balaban J connectivity index is 1.41. The fourth-order valence-corrected chi connectivity index (χ4v) is 7.61. The van der Waals surface area contributed by atoms with E-state index in [0.29, 0.717) is 18.3 Å². The van der Waals surface area contributed by atoms with Crippen LogP contribution >= 0.6 is 23.1 Å². The summed E-state index contributed by atoms with van der Waals surface area (Å²) in [5.74, 6) is 1.66. The van der Waals surface area contributed by atoms with Crippen LogP contribution in [0.3, 0.4) is 0 Å². The maximum absolute atomic E-state index is 14.2. The molecule has 3 aromatic carbocycles. The molecule has 4 heterocycles. The number of benzene rings is 3. The number of hydrogen-bond donors (Lipinski definition) is 0. The summed E-state index contributed by atoms with van der Waals surface area (Å²) in [4.78, 5) is 16.2. The molecule has 0 fully saturated rings. The lowest BCUT2D eigenvalue weighted by atomic mass is 9.96. The molecule has 1 unspecified atom stereocenters. The molecule has 3 aromatic heterocycles. The van der Waals surface area contributed by atoms with Crippen LogP contribution in [0.25, 0.3) is 32.5 Å². The van der Waals surface area contributed by atoms with Crippen molar-refractivity contribution in [3.05, 3.63) is 98.7 Å². The number of hydrogen-bond acceptors (Lipinski definition) is 6. The second-order valence-corrected chi connectivity index (χ2v) is 12.6. The van der Waals surface area contributed by atoms with Gasteiger partial charge in [0.15, 0.2) is 5.16 Å². The molecular weight excluding hydrogens is 525 g/mol. The molecule has 1 aliphatic heterocycles. The number of nitrogens with zero attached hydrogens (tertiary/aromatic N) is 4. The summed E-state index contributed by atoms with van der Waals surface area (Å²) >= 11 is 3.28. The van der Waals surface area contributed by atoms with Gasteiger partial charge < -0.3 is 4.74 Å². The third-order valence-corrected chi connectivity index (χ3v) is 9.72. The molecule has 8 heteroatoms. The van der Waals surface area contributed by atoms with Crippen LogP contribution in [0.5, 0.6) is 0 Å². The van der Waals surface area contributed by atoms with E-state index in [1.54, 1.807) is 27.7 Å². The first-order chi connectivity index (χ1) is 19.0. The van der Waals surface area contributed by atoms with Gasteiger partial charge in [0.25, 0.3) is 5.56 Å². The Morgan fingerprint density at radius 3 is 2.72 bits per heavy atom. The predicted octanol–water partition coefficient (Wildman–Crippen LogP) is 6.95. The van der Waals surface area contributed by atoms with Crippen molar-refractivity contribution in [2.24, 2.45) is 5.92 Å². The second-order valence-electron chi connectivity index (χ2n) is 10.5. The van der Waals surface area contributed by atoms with Crippen molar-refractivity contribution in [2.45, 2.75) is 50.8 Å². The molecule has 1 aliphatic rings. The van der Waals surface area contributed by atoms with Crippen LogP contribution in [0.2, 0.25) is 0 Å². The third kappa shape index (κ3) is 4.18. The minimum atomic E-state index is -0.0384. The molecule has 1 atom stereocenters. The minimum Gasteiger partial charge on any atom is -0.372 e. The van der Waals surface area contributed by atoms with Gasteiger partial charge in [-0.15, -0.1) is 21.5 Å². The maximum atomic E-state index is 14.2. The van der Waals surface area contributed by atoms with Gasteiger partial charge in [-0.1, -0.05) is 80.2 Å². The fraction of sp³-hybridized carbons (Fsp3) is 0.258. The Morgan fingerprint density at radius 2 is 1.90 bits per heavy atom. The zero-order chi connectivity index (χ0) is 26.7. The van der Waals surface area contributed by atoms with E-state index in [4.69, 9.17) is 4.74 Å². The summed E-state index contributed by atoms with van der Waals surface area (Å²) in [5.41, 5.74) is 4.19. The molecule has 0 aliphatic carbocycles. The molecule has 0 radical (unpaired) electrons. The van der Waals surface area contributed by atoms with Crippen molar-refractivity contribution in [1.82, 2.24) is 19.2 Å². The molecule has 0 N–H and O–H groups in total. The highest BCUT2D eigenvalue weighted by Crippen LogP contribution is 2.38. The number of aryl methyl sites for hydroxylation is 1. The Labute approximate surface area is 234 Å². The number of aromatic nitrogens is 4. The topological polar surface area (TPSA) is 61.4 Å². The first kappa shape index (κ1) is 24.6. The van der Waals surface area contributed by atoms with Crippen LogP contribution in [-0.4, -0.2) is 25.3 Å². The van der Waals surface area contributed by atoms with Crippen LogP contribution in [0.1, 0.15) is 35.4 Å². The predicted molar refractivity (Wildman–Crippen MR) is 159 cm³/mol. The van der Waals surface area contributed by atoms with Crippen LogP contribution in [0.15, 0.2) is 76.7 Å². The second kappa shape index (κ2) is 9.62. The van der Waals surface area contributed by atoms with E-state index in [2.05, 4.69) is 70.9 Å². The molecule has 0 saturated carbocycles. The number of thiophene rings is 1. The number of fused-ring (bicyclic) bond motifs is 6. The maximum Gasteiger partial charge on any atom is 0.268 e. The fourth-order valence-electron chi connectivity index (χ4n) is 5.44. The van der Waals surface area contributed by atoms with Gasteiger partial charge in [0.1, 0.15) is 4.83 Å². The van der Waals surface area contributed by atoms with E-state index in [1.165, 1.54) is 16.3 Å². The lowest BCUT2D eigenvalue weighted by Crippen LogP contribution is -2.28. The summed E-state index contributed by atoms with van der Waals surface area (Å²) in [5, 5.41) is 13.2. The van der Waals surface area contributed by atoms with Gasteiger partial charge >= 0.3 is 0 Å². The SMILES string of the molecule is Cc1cccc(-n2c(=O)c3c4c(sc3n3c(SCc5ccc6ccccc6c5)nnc23)COC(C(C)C)C4)c1. The Hall–Kier alpha value is -3.46. The molecule has 39 heavy (non-hydrogen) atoms. The highest BCUT2D eigenvalue weighted by Gasteiger charge is 2.30. The summed E-state index contributed by atoms with van der Waals surface area (Å²) in [6, 6.07) is 23.0. The molecule has 0 saturated heterocycles. The minimum absolute atomic E-state index is 0.0384. The van der Waals surface area contributed by atoms with Gasteiger partial charge in [-0.2, -0.15) is 0 Å². The van der Waals surface area contributed by atoms with Gasteiger partial charge in [0.2, 0.25) is 5.78 Å². The highest BCUT2D eigenvalue weighted by molar-refractivity contribution is 7.98. The third-order valence-electron chi connectivity index (χ3n) is 7.53. The Morgan fingerprint density at radius 1 is 1.05 bits per heavy atom. The summed E-state index contributed by atoms with van der Waals surface area (Å²) < 4.78 is 10.00. The average molecular weight is 553 g/mol. The molecule has 7 rings (SSSR count). The van der Waals surface area contributed by atoms with Crippen LogP contribution in [-0.2, 0) is 23.5 Å². The standard InChI is InChI=1S/C31H28N4O2S2/c1-18(2)25-15-24-26(16-37-25)39-29-27(24)28(36)34(23-10-6-7-19(3)13-23)30-32-33-31(35(29)30)38-17-20-11-12-21-8-4-5-9-22(21)14-20/h4-14,18,25H,15-17H2,1-3H3. The molecule has 6 nitrogen and oxygen atoms in total. The van der Waals surface area contributed by atoms with Crippen molar-refractivity contribution < 1.29 is 4.74 Å². The van der Waals surface area contributed by atoms with Gasteiger partial charge in [0.05, 0.1) is 23.8 Å². The highest BCUT2D eigenvalue weighted by atomic mass is 32.2. The number of ether oxygens (including phenoxy) is 1. The lowest BCUT2D eigenvalue weighted by Gasteiger charge is -2.26. The van der Waals surface area contributed by atoms with E-state index in [-0.39, 0.29) is 11.7 Å². The smallest absolute Gasteiger partial charge is 0.268 e. The van der Waals surface area contributed by atoms with Gasteiger partial charge in [0, 0.05) is 17.1 Å². The average Bonchev–Trinajstić information content (AvgIpc) is 3.53. The van der Waals surface area contributed by atoms with E-state index in [0.717, 1.165) is 49.2 Å². The molecule has 0 spiro atoms. The molecular formula is C31H28N4O2S2. The molecule has 0 bridgehead atoms. The molecule has 196 valence electrons. The van der Waals surface area contributed by atoms with Crippen LogP contribution < -0.4 is 5.56 Å². The van der Waals surface area contributed by atoms with E-state index in [9.17, 15) is 4.79 Å². The van der Waals surface area contributed by atoms with Gasteiger partial charge in [-0.25, -0.2) is 8.97 Å². The zero-order valence-electron chi connectivity index (χ0n) is 22.0. The largest absolute Gasteiger partial charge is 0.372 e. The van der Waals surface area contributed by atoms with Crippen molar-refractivity contribution in [3.63, 3.8) is 0 Å². The van der Waals surface area contributed by atoms with E-state index in [1.807, 2.05) is 31.2 Å². The quantitative estimate of drug-likeness (QED) is 0.217. The van der Waals surface area contributed by atoms with Gasteiger partial charge in [-0.3, -0.25) is 4.79 Å². The number of thioether (sulfide) groups is 1. The van der Waals surface area contributed by atoms with Crippen LogP contribution in [0, 0.1) is 12.8 Å². The zero-order valence-corrected chi connectivity index (χ0v) is 23.7. The van der Waals surface area contributed by atoms with E-state index < -0.39 is 0 Å². The van der Waals surface area contributed by atoms with Crippen molar-refractivity contribution in [2.75, 3.05) is 0 Å². The Bertz CT molecular complexity index is 1930. The van der Waals surface area contributed by atoms with Crippen LogP contribution in [0.4, 0.5) is 0 Å². The summed E-state index contributed by atoms with van der Waals surface area (Å²) in [6.45, 7) is 6.92. The van der Waals surface area contributed by atoms with E-state index >= 15 is 0 Å². The Kier molecular flexibility index (Phi) is 6.06. The summed E-state index contributed by atoms with van der Waals surface area (Å²) in [6.07, 6.45) is 0.837. The van der Waals surface area contributed by atoms with Crippen molar-refractivity contribution in [3.8, 4) is 5.69 Å². The molecule has 6 aromatic rings. The van der Waals surface area contributed by atoms with Gasteiger partial charge in [-0.05, 0) is 52.4 Å². The first-order valence-electron chi connectivity index (χ1n) is 13.2. The number of rotatable bonds is 5. The normalized spacial score (nSPS) is 15.5. The first-order valence-corrected chi connectivity index (χ1v) is 15.0. The monoisotopic (exact) mass is 552 g/mol.